The summed E-state index contributed by atoms with van der Waals surface area (Å²) < 4.78 is 1.53. The van der Waals surface area contributed by atoms with Crippen LogP contribution in [-0.4, -0.2) is 30.8 Å². The second kappa shape index (κ2) is 8.34. The quantitative estimate of drug-likeness (QED) is 0.677. The highest BCUT2D eigenvalue weighted by molar-refractivity contribution is 7.29. The Labute approximate surface area is 163 Å². The first-order valence-corrected chi connectivity index (χ1v) is 13.3. The lowest BCUT2D eigenvalue weighted by atomic mass is 10.1. The number of nitrogens with zero attached hydrogens (tertiary/aromatic N) is 1. The maximum absolute atomic E-state index is 9.47. The molecule has 0 aliphatic heterocycles. The zero-order chi connectivity index (χ0) is 19.5. The first-order chi connectivity index (χ1) is 12.1. The van der Waals surface area contributed by atoms with Gasteiger partial charge in [0.2, 0.25) is 0 Å². The van der Waals surface area contributed by atoms with Crippen LogP contribution in [0.5, 0.6) is 0 Å². The molecule has 0 aromatic carbocycles. The summed E-state index contributed by atoms with van der Waals surface area (Å²) in [6.07, 6.45) is 0. The van der Waals surface area contributed by atoms with Gasteiger partial charge in [-0.3, -0.25) is 4.98 Å². The van der Waals surface area contributed by atoms with E-state index in [1.165, 1.54) is 9.38 Å². The van der Waals surface area contributed by atoms with Gasteiger partial charge in [0.15, 0.2) is 0 Å². The van der Waals surface area contributed by atoms with Gasteiger partial charge in [-0.2, -0.15) is 0 Å². The zero-order valence-electron chi connectivity index (χ0n) is 17.3. The number of aromatic nitrogens is 1. The molecule has 0 saturated carbocycles. The van der Waals surface area contributed by atoms with Gasteiger partial charge in [-0.15, -0.1) is 11.3 Å². The molecule has 2 aromatic heterocycles. The van der Waals surface area contributed by atoms with Crippen LogP contribution < -0.4 is 9.82 Å². The number of pyridine rings is 1. The van der Waals surface area contributed by atoms with Crippen molar-refractivity contribution >= 4 is 23.9 Å². The summed E-state index contributed by atoms with van der Waals surface area (Å²) in [5.41, 5.74) is 2.06. The fourth-order valence-corrected chi connectivity index (χ4v) is 6.88. The third-order valence-corrected chi connectivity index (χ3v) is 13.6. The standard InChI is InChI=1S/C21H34N2OSSi/c1-15(2)18(14-24)22-13-16-9-8-10-17(23-16)19-11-12-20(25-19)26(6,7)21(3,4)5/h8-12,15,18,22,24H,13-14H2,1-7H3/t18-/m0/s1. The molecule has 1 atom stereocenters. The molecule has 26 heavy (non-hydrogen) atoms. The summed E-state index contributed by atoms with van der Waals surface area (Å²) in [5.74, 6) is 0.396. The Bertz CT molecular complexity index is 719. The molecule has 144 valence electrons. The Morgan fingerprint density at radius 1 is 1.15 bits per heavy atom. The van der Waals surface area contributed by atoms with Crippen LogP contribution in [0, 0.1) is 5.92 Å². The highest BCUT2D eigenvalue weighted by Crippen LogP contribution is 2.37. The van der Waals surface area contributed by atoms with E-state index in [0.717, 1.165) is 11.4 Å². The van der Waals surface area contributed by atoms with Crippen LogP contribution in [0.15, 0.2) is 30.3 Å². The van der Waals surface area contributed by atoms with E-state index in [1.54, 1.807) is 0 Å². The second-order valence-corrected chi connectivity index (χ2v) is 15.7. The topological polar surface area (TPSA) is 45.1 Å². The Balaban J connectivity index is 2.18. The van der Waals surface area contributed by atoms with Gasteiger partial charge in [0.1, 0.15) is 0 Å². The highest BCUT2D eigenvalue weighted by atomic mass is 32.1. The van der Waals surface area contributed by atoms with Crippen LogP contribution in [-0.2, 0) is 6.54 Å². The predicted octanol–water partition coefficient (Wildman–Crippen LogP) is 4.63. The molecule has 0 fully saturated rings. The van der Waals surface area contributed by atoms with E-state index in [0.29, 0.717) is 17.5 Å². The van der Waals surface area contributed by atoms with E-state index in [4.69, 9.17) is 4.98 Å². The smallest absolute Gasteiger partial charge is 0.0987 e. The molecule has 5 heteroatoms. The van der Waals surface area contributed by atoms with E-state index in [2.05, 4.69) is 77.3 Å². The third kappa shape index (κ3) is 4.83. The number of nitrogens with one attached hydrogen (secondary N) is 1. The molecule has 2 heterocycles. The van der Waals surface area contributed by atoms with Crippen molar-refractivity contribution in [3.05, 3.63) is 36.0 Å². The Kier molecular flexibility index (Phi) is 6.83. The van der Waals surface area contributed by atoms with Crippen LogP contribution in [0.3, 0.4) is 0 Å². The number of aliphatic hydroxyl groups is 1. The Morgan fingerprint density at radius 2 is 1.85 bits per heavy atom. The van der Waals surface area contributed by atoms with Crippen LogP contribution in [0.2, 0.25) is 18.1 Å². The Morgan fingerprint density at radius 3 is 2.42 bits per heavy atom. The van der Waals surface area contributed by atoms with E-state index < -0.39 is 8.07 Å². The first-order valence-electron chi connectivity index (χ1n) is 9.47. The van der Waals surface area contributed by atoms with Gasteiger partial charge < -0.3 is 10.4 Å². The summed E-state index contributed by atoms with van der Waals surface area (Å²) in [4.78, 5) is 6.09. The van der Waals surface area contributed by atoms with E-state index >= 15 is 0 Å². The number of hydrogen-bond acceptors (Lipinski definition) is 4. The molecule has 0 saturated heterocycles. The lowest BCUT2D eigenvalue weighted by Crippen LogP contribution is -2.47. The lowest BCUT2D eigenvalue weighted by Gasteiger charge is -2.35. The van der Waals surface area contributed by atoms with Crippen molar-refractivity contribution in [2.45, 2.75) is 65.3 Å². The molecular weight excluding hydrogens is 356 g/mol. The van der Waals surface area contributed by atoms with E-state index in [-0.39, 0.29) is 12.6 Å². The molecule has 2 N–H and O–H groups in total. The van der Waals surface area contributed by atoms with Crippen LogP contribution >= 0.6 is 11.3 Å². The molecule has 0 radical (unpaired) electrons. The van der Waals surface area contributed by atoms with Crippen molar-refractivity contribution in [1.82, 2.24) is 10.3 Å². The minimum Gasteiger partial charge on any atom is -0.395 e. The molecule has 0 spiro atoms. The van der Waals surface area contributed by atoms with Crippen LogP contribution in [0.1, 0.15) is 40.3 Å². The second-order valence-electron chi connectivity index (χ2n) is 8.97. The maximum Gasteiger partial charge on any atom is 0.0987 e. The van der Waals surface area contributed by atoms with Gasteiger partial charge in [-0.25, -0.2) is 0 Å². The number of hydrogen-bond donors (Lipinski definition) is 2. The number of rotatable bonds is 7. The number of aliphatic hydroxyl groups excluding tert-OH is 1. The molecular formula is C21H34N2OSSi. The summed E-state index contributed by atoms with van der Waals surface area (Å²) in [6, 6.07) is 10.9. The number of thiophene rings is 1. The monoisotopic (exact) mass is 390 g/mol. The normalized spacial score (nSPS) is 14.0. The summed E-state index contributed by atoms with van der Waals surface area (Å²) >= 11 is 1.90. The SMILES string of the molecule is CC(C)[C@H](CO)NCc1cccc(-c2ccc([Si](C)(C)C(C)(C)C)s2)n1. The van der Waals surface area contributed by atoms with Crippen molar-refractivity contribution in [1.29, 1.82) is 0 Å². The molecule has 0 aliphatic carbocycles. The molecule has 0 bridgehead atoms. The molecule has 3 nitrogen and oxygen atoms in total. The van der Waals surface area contributed by atoms with Gasteiger partial charge in [0, 0.05) is 12.6 Å². The van der Waals surface area contributed by atoms with Crippen molar-refractivity contribution in [2.75, 3.05) is 6.61 Å². The van der Waals surface area contributed by atoms with Crippen molar-refractivity contribution < 1.29 is 5.11 Å². The molecule has 0 unspecified atom stereocenters. The van der Waals surface area contributed by atoms with Gasteiger partial charge >= 0.3 is 0 Å². The fraction of sp³-hybridized carbons (Fsp3) is 0.571. The van der Waals surface area contributed by atoms with Gasteiger partial charge in [-0.05, 0) is 33.7 Å². The zero-order valence-corrected chi connectivity index (χ0v) is 19.1. The predicted molar refractivity (Wildman–Crippen MR) is 117 cm³/mol. The first kappa shape index (κ1) is 21.3. The Hall–Kier alpha value is -1.01. The molecule has 2 rings (SSSR count). The maximum atomic E-state index is 9.47. The van der Waals surface area contributed by atoms with Crippen molar-refractivity contribution in [3.63, 3.8) is 0 Å². The lowest BCUT2D eigenvalue weighted by molar-refractivity contribution is 0.209. The summed E-state index contributed by atoms with van der Waals surface area (Å²) in [7, 11) is -1.50. The van der Waals surface area contributed by atoms with Crippen LogP contribution in [0.25, 0.3) is 10.6 Å². The summed E-state index contributed by atoms with van der Waals surface area (Å²) in [5, 5.41) is 13.2. The largest absolute Gasteiger partial charge is 0.395 e. The summed E-state index contributed by atoms with van der Waals surface area (Å²) in [6.45, 7) is 17.0. The minimum absolute atomic E-state index is 0.104. The minimum atomic E-state index is -1.50. The molecule has 2 aromatic rings. The molecule has 0 amide bonds. The average molecular weight is 391 g/mol. The van der Waals surface area contributed by atoms with Crippen molar-refractivity contribution in [3.8, 4) is 10.6 Å². The van der Waals surface area contributed by atoms with Gasteiger partial charge in [0.25, 0.3) is 0 Å². The van der Waals surface area contributed by atoms with Crippen LogP contribution in [0.4, 0.5) is 0 Å². The third-order valence-electron chi connectivity index (χ3n) is 5.70. The average Bonchev–Trinajstić information content (AvgIpc) is 3.05. The van der Waals surface area contributed by atoms with Crippen molar-refractivity contribution in [2.24, 2.45) is 5.92 Å². The molecule has 0 aliphatic rings. The van der Waals surface area contributed by atoms with Gasteiger partial charge in [-0.1, -0.05) is 59.8 Å². The highest BCUT2D eigenvalue weighted by Gasteiger charge is 2.38. The van der Waals surface area contributed by atoms with E-state index in [1.807, 2.05) is 17.4 Å². The van der Waals surface area contributed by atoms with E-state index in [9.17, 15) is 5.11 Å². The van der Waals surface area contributed by atoms with Gasteiger partial charge in [0.05, 0.1) is 30.9 Å². The fourth-order valence-electron chi connectivity index (χ4n) is 2.64.